The van der Waals surface area contributed by atoms with Gasteiger partial charge >= 0.3 is 0 Å². The Morgan fingerprint density at radius 2 is 2.05 bits per heavy atom. The van der Waals surface area contributed by atoms with Gasteiger partial charge in [0.15, 0.2) is 0 Å². The summed E-state index contributed by atoms with van der Waals surface area (Å²) in [5, 5.41) is 12.4. The second kappa shape index (κ2) is 6.03. The first-order chi connectivity index (χ1) is 9.10. The molecule has 19 heavy (non-hydrogen) atoms. The molecule has 4 N–H and O–H groups in total. The third-order valence-electron chi connectivity index (χ3n) is 2.62. The zero-order chi connectivity index (χ0) is 13.8. The molecule has 0 aliphatic carbocycles. The van der Waals surface area contributed by atoms with Gasteiger partial charge in [-0.1, -0.05) is 12.1 Å². The topological polar surface area (TPSA) is 75.3 Å². The maximum atomic E-state index is 12.1. The molecular weight excluding hydrogens is 355 g/mol. The summed E-state index contributed by atoms with van der Waals surface area (Å²) in [4.78, 5) is 12.1. The van der Waals surface area contributed by atoms with Crippen LogP contribution in [0.5, 0.6) is 5.75 Å². The number of benzene rings is 2. The van der Waals surface area contributed by atoms with Crippen molar-refractivity contribution in [1.82, 2.24) is 0 Å². The van der Waals surface area contributed by atoms with E-state index in [1.54, 1.807) is 18.2 Å². The second-order valence-corrected chi connectivity index (χ2v) is 5.27. The number of nitrogens with two attached hydrogens (primary N) is 1. The Morgan fingerprint density at radius 1 is 1.26 bits per heavy atom. The lowest BCUT2D eigenvalue weighted by Crippen LogP contribution is -2.12. The standard InChI is InChI=1S/C14H13IN2O2/c15-10-4-5-13(18)12(7-10)14(19)17-11-3-1-2-9(6-11)8-16/h1-7,18H,8,16H2,(H,17,19). The molecule has 0 aliphatic rings. The Balaban J connectivity index is 2.23. The predicted octanol–water partition coefficient (Wildman–Crippen LogP) is 2.71. The van der Waals surface area contributed by atoms with E-state index in [2.05, 4.69) is 27.9 Å². The van der Waals surface area contributed by atoms with E-state index in [1.807, 2.05) is 18.2 Å². The first-order valence-electron chi connectivity index (χ1n) is 5.69. The molecule has 0 unspecified atom stereocenters. The molecule has 0 saturated heterocycles. The van der Waals surface area contributed by atoms with Crippen molar-refractivity contribution in [3.05, 3.63) is 57.2 Å². The predicted molar refractivity (Wildman–Crippen MR) is 83.1 cm³/mol. The quantitative estimate of drug-likeness (QED) is 0.730. The number of phenolic OH excluding ortho intramolecular Hbond substituents is 1. The maximum absolute atomic E-state index is 12.1. The highest BCUT2D eigenvalue weighted by Crippen LogP contribution is 2.21. The van der Waals surface area contributed by atoms with Gasteiger partial charge in [0.25, 0.3) is 5.91 Å². The molecule has 0 atom stereocenters. The maximum Gasteiger partial charge on any atom is 0.259 e. The molecule has 0 aliphatic heterocycles. The Kier molecular flexibility index (Phi) is 4.39. The van der Waals surface area contributed by atoms with Crippen LogP contribution in [0.25, 0.3) is 0 Å². The first kappa shape index (κ1) is 13.8. The third kappa shape index (κ3) is 3.45. The van der Waals surface area contributed by atoms with Crippen LogP contribution < -0.4 is 11.1 Å². The van der Waals surface area contributed by atoms with E-state index >= 15 is 0 Å². The summed E-state index contributed by atoms with van der Waals surface area (Å²) in [6, 6.07) is 12.2. The fourth-order valence-corrected chi connectivity index (χ4v) is 2.16. The fraction of sp³-hybridized carbons (Fsp3) is 0.0714. The smallest absolute Gasteiger partial charge is 0.259 e. The van der Waals surface area contributed by atoms with Gasteiger partial charge in [0, 0.05) is 15.8 Å². The normalized spacial score (nSPS) is 10.2. The minimum atomic E-state index is -0.342. The number of hydrogen-bond acceptors (Lipinski definition) is 3. The van der Waals surface area contributed by atoms with Crippen molar-refractivity contribution in [2.75, 3.05) is 5.32 Å². The number of hydrogen-bond donors (Lipinski definition) is 3. The van der Waals surface area contributed by atoms with Gasteiger partial charge in [-0.3, -0.25) is 4.79 Å². The van der Waals surface area contributed by atoms with Crippen molar-refractivity contribution in [2.24, 2.45) is 5.73 Å². The Hall–Kier alpha value is -1.60. The molecule has 0 spiro atoms. The van der Waals surface area contributed by atoms with E-state index in [-0.39, 0.29) is 17.2 Å². The Morgan fingerprint density at radius 3 is 2.79 bits per heavy atom. The minimum absolute atomic E-state index is 0.0344. The average Bonchev–Trinajstić information content (AvgIpc) is 2.41. The number of halogens is 1. The van der Waals surface area contributed by atoms with Gasteiger partial charge in [-0.2, -0.15) is 0 Å². The van der Waals surface area contributed by atoms with Crippen LogP contribution in [0, 0.1) is 3.57 Å². The Labute approximate surface area is 124 Å². The SMILES string of the molecule is NCc1cccc(NC(=O)c2cc(I)ccc2O)c1. The van der Waals surface area contributed by atoms with Gasteiger partial charge in [0.05, 0.1) is 5.56 Å². The summed E-state index contributed by atoms with van der Waals surface area (Å²) >= 11 is 2.09. The van der Waals surface area contributed by atoms with Crippen LogP contribution >= 0.6 is 22.6 Å². The van der Waals surface area contributed by atoms with Crippen molar-refractivity contribution in [3.63, 3.8) is 0 Å². The number of aromatic hydroxyl groups is 1. The highest BCUT2D eigenvalue weighted by atomic mass is 127. The monoisotopic (exact) mass is 368 g/mol. The van der Waals surface area contributed by atoms with Crippen LogP contribution in [0.3, 0.4) is 0 Å². The molecule has 0 bridgehead atoms. The van der Waals surface area contributed by atoms with Crippen molar-refractivity contribution in [3.8, 4) is 5.75 Å². The van der Waals surface area contributed by atoms with E-state index < -0.39 is 0 Å². The number of anilines is 1. The summed E-state index contributed by atoms with van der Waals surface area (Å²) < 4.78 is 0.885. The molecule has 0 aromatic heterocycles. The van der Waals surface area contributed by atoms with Crippen LogP contribution in [0.2, 0.25) is 0 Å². The van der Waals surface area contributed by atoms with Gasteiger partial charge < -0.3 is 16.2 Å². The molecule has 0 fully saturated rings. The number of carbonyl (C=O) groups excluding carboxylic acids is 1. The van der Waals surface area contributed by atoms with Gasteiger partial charge in [0.2, 0.25) is 0 Å². The number of rotatable bonds is 3. The van der Waals surface area contributed by atoms with Crippen LogP contribution in [-0.4, -0.2) is 11.0 Å². The van der Waals surface area contributed by atoms with E-state index in [0.29, 0.717) is 12.2 Å². The molecule has 98 valence electrons. The molecule has 2 aromatic carbocycles. The van der Waals surface area contributed by atoms with Crippen LogP contribution in [0.15, 0.2) is 42.5 Å². The van der Waals surface area contributed by atoms with Crippen molar-refractivity contribution >= 4 is 34.2 Å². The van der Waals surface area contributed by atoms with E-state index in [9.17, 15) is 9.90 Å². The summed E-state index contributed by atoms with van der Waals surface area (Å²) in [7, 11) is 0. The number of nitrogens with one attached hydrogen (secondary N) is 1. The van der Waals surface area contributed by atoms with Crippen LogP contribution in [-0.2, 0) is 6.54 Å². The largest absolute Gasteiger partial charge is 0.507 e. The lowest BCUT2D eigenvalue weighted by Gasteiger charge is -2.08. The molecular formula is C14H13IN2O2. The summed E-state index contributed by atoms with van der Waals surface area (Å²) in [5.41, 5.74) is 7.40. The summed E-state index contributed by atoms with van der Waals surface area (Å²) in [6.07, 6.45) is 0. The van der Waals surface area contributed by atoms with E-state index in [1.165, 1.54) is 6.07 Å². The van der Waals surface area contributed by atoms with E-state index in [4.69, 9.17) is 5.73 Å². The highest BCUT2D eigenvalue weighted by Gasteiger charge is 2.11. The van der Waals surface area contributed by atoms with Gasteiger partial charge in [0.1, 0.15) is 5.75 Å². The first-order valence-corrected chi connectivity index (χ1v) is 6.77. The zero-order valence-electron chi connectivity index (χ0n) is 10.1. The van der Waals surface area contributed by atoms with Gasteiger partial charge in [-0.15, -0.1) is 0 Å². The molecule has 4 nitrogen and oxygen atoms in total. The Bertz CT molecular complexity index is 614. The third-order valence-corrected chi connectivity index (χ3v) is 3.29. The number of amides is 1. The molecule has 1 amide bonds. The van der Waals surface area contributed by atoms with Crippen LogP contribution in [0.4, 0.5) is 5.69 Å². The van der Waals surface area contributed by atoms with E-state index in [0.717, 1.165) is 9.13 Å². The van der Waals surface area contributed by atoms with Gasteiger partial charge in [-0.05, 0) is 58.5 Å². The molecule has 5 heteroatoms. The zero-order valence-corrected chi connectivity index (χ0v) is 12.2. The van der Waals surface area contributed by atoms with Crippen molar-refractivity contribution in [1.29, 1.82) is 0 Å². The van der Waals surface area contributed by atoms with Crippen molar-refractivity contribution in [2.45, 2.75) is 6.54 Å². The molecule has 2 rings (SSSR count). The minimum Gasteiger partial charge on any atom is -0.507 e. The molecule has 0 heterocycles. The lowest BCUT2D eigenvalue weighted by atomic mass is 10.1. The summed E-state index contributed by atoms with van der Waals surface area (Å²) in [6.45, 7) is 0.415. The molecule has 0 saturated carbocycles. The molecule has 0 radical (unpaired) electrons. The lowest BCUT2D eigenvalue weighted by molar-refractivity contribution is 0.102. The summed E-state index contributed by atoms with van der Waals surface area (Å²) in [5.74, 6) is -0.377. The molecule has 2 aromatic rings. The number of carbonyl (C=O) groups is 1. The fourth-order valence-electron chi connectivity index (χ4n) is 1.66. The van der Waals surface area contributed by atoms with Gasteiger partial charge in [-0.25, -0.2) is 0 Å². The highest BCUT2D eigenvalue weighted by molar-refractivity contribution is 14.1. The average molecular weight is 368 g/mol. The second-order valence-electron chi connectivity index (χ2n) is 4.02. The van der Waals surface area contributed by atoms with Crippen LogP contribution in [0.1, 0.15) is 15.9 Å². The number of phenols is 1. The van der Waals surface area contributed by atoms with Crippen molar-refractivity contribution < 1.29 is 9.90 Å².